The van der Waals surface area contributed by atoms with E-state index in [1.807, 2.05) is 32.9 Å². The van der Waals surface area contributed by atoms with Crippen LogP contribution in [0.5, 0.6) is 0 Å². The molecule has 0 radical (unpaired) electrons. The largest absolute Gasteiger partial charge is 0.338 e. The lowest BCUT2D eigenvalue weighted by Gasteiger charge is -2.17. The van der Waals surface area contributed by atoms with Gasteiger partial charge in [-0.1, -0.05) is 17.7 Å². The number of benzene rings is 1. The topological polar surface area (TPSA) is 73.2 Å². The van der Waals surface area contributed by atoms with Gasteiger partial charge < -0.3 is 10.2 Å². The van der Waals surface area contributed by atoms with E-state index in [-0.39, 0.29) is 11.8 Å². The van der Waals surface area contributed by atoms with Gasteiger partial charge in [-0.2, -0.15) is 5.26 Å². The van der Waals surface area contributed by atoms with Crippen LogP contribution in [0.25, 0.3) is 0 Å². The fourth-order valence-electron chi connectivity index (χ4n) is 2.56. The highest BCUT2D eigenvalue weighted by Crippen LogP contribution is 2.33. The number of nitrogens with one attached hydrogen (secondary N) is 1. The monoisotopic (exact) mass is 355 g/mol. The summed E-state index contributed by atoms with van der Waals surface area (Å²) in [5.74, 6) is -0.400. The van der Waals surface area contributed by atoms with Crippen LogP contribution < -0.4 is 5.32 Å². The SMILES string of the molecule is CCN(CC)C(=O)c1sc(NC(=O)c2cccc(C)c2)c(C#N)c1C. The number of thiophene rings is 1. The van der Waals surface area contributed by atoms with Crippen molar-refractivity contribution in [3.8, 4) is 6.07 Å². The van der Waals surface area contributed by atoms with Crippen molar-refractivity contribution in [1.82, 2.24) is 4.90 Å². The Bertz CT molecular complexity index is 845. The number of nitrogens with zero attached hydrogens (tertiary/aromatic N) is 2. The summed E-state index contributed by atoms with van der Waals surface area (Å²) in [7, 11) is 0. The summed E-state index contributed by atoms with van der Waals surface area (Å²) in [4.78, 5) is 27.3. The van der Waals surface area contributed by atoms with Crippen molar-refractivity contribution in [2.45, 2.75) is 27.7 Å². The number of nitriles is 1. The lowest BCUT2D eigenvalue weighted by Crippen LogP contribution is -2.30. The maximum Gasteiger partial charge on any atom is 0.264 e. The van der Waals surface area contributed by atoms with E-state index >= 15 is 0 Å². The number of anilines is 1. The molecule has 25 heavy (non-hydrogen) atoms. The molecule has 0 bridgehead atoms. The lowest BCUT2D eigenvalue weighted by molar-refractivity contribution is 0.0777. The minimum absolute atomic E-state index is 0.111. The van der Waals surface area contributed by atoms with Gasteiger partial charge in [-0.05, 0) is 45.4 Å². The van der Waals surface area contributed by atoms with E-state index in [1.165, 1.54) is 0 Å². The Morgan fingerprint density at radius 1 is 1.24 bits per heavy atom. The molecule has 0 atom stereocenters. The Hall–Kier alpha value is -2.65. The van der Waals surface area contributed by atoms with Crippen LogP contribution in [0.2, 0.25) is 0 Å². The molecule has 2 rings (SSSR count). The number of hydrogen-bond donors (Lipinski definition) is 1. The van der Waals surface area contributed by atoms with Crippen LogP contribution in [0.4, 0.5) is 5.00 Å². The van der Waals surface area contributed by atoms with Gasteiger partial charge in [0, 0.05) is 18.7 Å². The second-order valence-electron chi connectivity index (χ2n) is 5.67. The molecular weight excluding hydrogens is 334 g/mol. The Morgan fingerprint density at radius 3 is 2.48 bits per heavy atom. The third kappa shape index (κ3) is 3.89. The average molecular weight is 355 g/mol. The number of rotatable bonds is 5. The second kappa shape index (κ2) is 7.95. The van der Waals surface area contributed by atoms with Crippen molar-refractivity contribution in [1.29, 1.82) is 5.26 Å². The Kier molecular flexibility index (Phi) is 5.94. The van der Waals surface area contributed by atoms with Crippen molar-refractivity contribution in [2.24, 2.45) is 0 Å². The van der Waals surface area contributed by atoms with E-state index in [2.05, 4.69) is 11.4 Å². The Morgan fingerprint density at radius 2 is 1.92 bits per heavy atom. The molecule has 0 saturated carbocycles. The van der Waals surface area contributed by atoms with E-state index in [1.54, 1.807) is 24.0 Å². The van der Waals surface area contributed by atoms with E-state index in [0.717, 1.165) is 16.9 Å². The van der Waals surface area contributed by atoms with Crippen molar-refractivity contribution >= 4 is 28.2 Å². The van der Waals surface area contributed by atoms with Gasteiger partial charge in [0.1, 0.15) is 11.1 Å². The van der Waals surface area contributed by atoms with Crippen LogP contribution in [-0.4, -0.2) is 29.8 Å². The van der Waals surface area contributed by atoms with Gasteiger partial charge in [-0.25, -0.2) is 0 Å². The summed E-state index contributed by atoms with van der Waals surface area (Å²) in [6.45, 7) is 8.67. The maximum atomic E-state index is 12.6. The first-order chi connectivity index (χ1) is 11.9. The minimum atomic E-state index is -0.289. The molecule has 130 valence electrons. The fraction of sp³-hybridized carbons (Fsp3) is 0.316. The molecule has 0 fully saturated rings. The molecule has 0 spiro atoms. The molecule has 0 aliphatic carbocycles. The zero-order valence-corrected chi connectivity index (χ0v) is 15.7. The van der Waals surface area contributed by atoms with Crippen molar-refractivity contribution < 1.29 is 9.59 Å². The second-order valence-corrected chi connectivity index (χ2v) is 6.69. The minimum Gasteiger partial charge on any atom is -0.338 e. The first-order valence-corrected chi connectivity index (χ1v) is 8.95. The number of hydrogen-bond acceptors (Lipinski definition) is 4. The molecule has 0 aliphatic heterocycles. The zero-order valence-electron chi connectivity index (χ0n) is 14.8. The van der Waals surface area contributed by atoms with Gasteiger partial charge >= 0.3 is 0 Å². The van der Waals surface area contributed by atoms with Crippen molar-refractivity contribution in [2.75, 3.05) is 18.4 Å². The first kappa shape index (κ1) is 18.7. The Labute approximate surface area is 151 Å². The van der Waals surface area contributed by atoms with Crippen LogP contribution in [0.1, 0.15) is 50.6 Å². The molecular formula is C19H21N3O2S. The van der Waals surface area contributed by atoms with Gasteiger partial charge in [0.25, 0.3) is 11.8 Å². The number of carbonyl (C=O) groups is 2. The summed E-state index contributed by atoms with van der Waals surface area (Å²) >= 11 is 1.16. The van der Waals surface area contributed by atoms with Gasteiger partial charge in [-0.3, -0.25) is 9.59 Å². The molecule has 0 unspecified atom stereocenters. The standard InChI is InChI=1S/C19H21N3O2S/c1-5-22(6-2)19(24)16-13(4)15(11-20)18(25-16)21-17(23)14-9-7-8-12(3)10-14/h7-10H,5-6H2,1-4H3,(H,21,23). The first-order valence-electron chi connectivity index (χ1n) is 8.13. The van der Waals surface area contributed by atoms with Crippen LogP contribution in [0.15, 0.2) is 24.3 Å². The van der Waals surface area contributed by atoms with E-state index in [4.69, 9.17) is 0 Å². The summed E-state index contributed by atoms with van der Waals surface area (Å²) in [5, 5.41) is 12.7. The summed E-state index contributed by atoms with van der Waals surface area (Å²) < 4.78 is 0. The number of aryl methyl sites for hydroxylation is 1. The van der Waals surface area contributed by atoms with Crippen molar-refractivity contribution in [3.05, 3.63) is 51.4 Å². The molecule has 1 N–H and O–H groups in total. The number of carbonyl (C=O) groups excluding carboxylic acids is 2. The lowest BCUT2D eigenvalue weighted by atomic mass is 10.1. The molecule has 0 aliphatic rings. The van der Waals surface area contributed by atoms with Gasteiger partial charge in [-0.15, -0.1) is 11.3 Å². The third-order valence-electron chi connectivity index (χ3n) is 4.01. The quantitative estimate of drug-likeness (QED) is 0.882. The molecule has 0 saturated heterocycles. The highest BCUT2D eigenvalue weighted by Gasteiger charge is 2.24. The van der Waals surface area contributed by atoms with E-state index in [9.17, 15) is 14.9 Å². The average Bonchev–Trinajstić information content (AvgIpc) is 2.91. The molecule has 1 aromatic carbocycles. The normalized spacial score (nSPS) is 10.2. The summed E-state index contributed by atoms with van der Waals surface area (Å²) in [6.07, 6.45) is 0. The maximum absolute atomic E-state index is 12.6. The summed E-state index contributed by atoms with van der Waals surface area (Å²) in [5.41, 5.74) is 2.46. The highest BCUT2D eigenvalue weighted by molar-refractivity contribution is 7.18. The predicted molar refractivity (Wildman–Crippen MR) is 100 cm³/mol. The molecule has 6 heteroatoms. The van der Waals surface area contributed by atoms with Crippen molar-refractivity contribution in [3.63, 3.8) is 0 Å². The molecule has 1 heterocycles. The van der Waals surface area contributed by atoms with Gasteiger partial charge in [0.05, 0.1) is 10.4 Å². The van der Waals surface area contributed by atoms with Crippen LogP contribution in [0.3, 0.4) is 0 Å². The van der Waals surface area contributed by atoms with Gasteiger partial charge in [0.2, 0.25) is 0 Å². The van der Waals surface area contributed by atoms with Crippen LogP contribution in [-0.2, 0) is 0 Å². The Balaban J connectivity index is 2.36. The van der Waals surface area contributed by atoms with E-state index in [0.29, 0.717) is 39.7 Å². The number of amides is 2. The highest BCUT2D eigenvalue weighted by atomic mass is 32.1. The van der Waals surface area contributed by atoms with Crippen LogP contribution >= 0.6 is 11.3 Å². The van der Waals surface area contributed by atoms with Gasteiger partial charge in [0.15, 0.2) is 0 Å². The fourth-order valence-corrected chi connectivity index (χ4v) is 3.68. The zero-order chi connectivity index (χ0) is 18.6. The van der Waals surface area contributed by atoms with Crippen LogP contribution in [0, 0.1) is 25.2 Å². The molecule has 2 amide bonds. The molecule has 1 aromatic heterocycles. The van der Waals surface area contributed by atoms with E-state index < -0.39 is 0 Å². The smallest absolute Gasteiger partial charge is 0.264 e. The molecule has 2 aromatic rings. The summed E-state index contributed by atoms with van der Waals surface area (Å²) in [6, 6.07) is 9.33. The third-order valence-corrected chi connectivity index (χ3v) is 5.21. The molecule has 5 nitrogen and oxygen atoms in total. The predicted octanol–water partition coefficient (Wildman–Crippen LogP) is 3.97.